The van der Waals surface area contributed by atoms with Crippen molar-refractivity contribution in [2.75, 3.05) is 25.1 Å². The summed E-state index contributed by atoms with van der Waals surface area (Å²) in [4.78, 5) is 22.6. The number of nitrogens with one attached hydrogen (secondary N) is 1. The second kappa shape index (κ2) is 6.93. The van der Waals surface area contributed by atoms with Crippen molar-refractivity contribution in [3.05, 3.63) is 47.8 Å². The maximum Gasteiger partial charge on any atom is 0.573 e. The molecule has 0 radical (unpaired) electrons. The summed E-state index contributed by atoms with van der Waals surface area (Å²) in [6.07, 6.45) is -0.923. The molecule has 2 saturated heterocycles. The van der Waals surface area contributed by atoms with E-state index in [0.29, 0.717) is 30.9 Å². The molecule has 2 fully saturated rings. The van der Waals surface area contributed by atoms with Crippen LogP contribution in [0.4, 0.5) is 19.1 Å². The Hall–Kier alpha value is -2.88. The molecular weight excluding hydrogens is 377 g/mol. The van der Waals surface area contributed by atoms with Gasteiger partial charge in [-0.3, -0.25) is 4.79 Å². The van der Waals surface area contributed by atoms with E-state index in [4.69, 9.17) is 4.74 Å². The van der Waals surface area contributed by atoms with Gasteiger partial charge in [0.05, 0.1) is 24.3 Å². The normalized spacial score (nSPS) is 17.6. The number of carbonyl (C=O) groups excluding carboxylic acids is 1. The number of amides is 1. The maximum absolute atomic E-state index is 12.5. The highest BCUT2D eigenvalue weighted by Crippen LogP contribution is 2.38. The number of halogens is 3. The second-order valence-electron chi connectivity index (χ2n) is 6.77. The van der Waals surface area contributed by atoms with Crippen molar-refractivity contribution < 1.29 is 27.4 Å². The Morgan fingerprint density at radius 1 is 1.29 bits per heavy atom. The van der Waals surface area contributed by atoms with E-state index in [0.717, 1.165) is 6.42 Å². The molecule has 1 aromatic heterocycles. The van der Waals surface area contributed by atoms with Gasteiger partial charge in [0.25, 0.3) is 5.91 Å². The van der Waals surface area contributed by atoms with E-state index in [2.05, 4.69) is 20.0 Å². The zero-order chi connectivity index (χ0) is 19.8. The van der Waals surface area contributed by atoms with Gasteiger partial charge in [-0.1, -0.05) is 12.1 Å². The zero-order valence-electron chi connectivity index (χ0n) is 14.7. The number of likely N-dealkylation sites (tertiary alicyclic amines) is 1. The maximum atomic E-state index is 12.5. The molecule has 0 unspecified atom stereocenters. The third-order valence-corrected chi connectivity index (χ3v) is 4.84. The monoisotopic (exact) mass is 394 g/mol. The number of anilines is 1. The van der Waals surface area contributed by atoms with Crippen LogP contribution in [0.15, 0.2) is 36.7 Å². The average Bonchev–Trinajstić information content (AvgIpc) is 2.57. The molecule has 2 aliphatic rings. The van der Waals surface area contributed by atoms with Crippen LogP contribution in [0.1, 0.15) is 22.3 Å². The smallest absolute Gasteiger partial charge is 0.406 e. The van der Waals surface area contributed by atoms with Gasteiger partial charge in [-0.2, -0.15) is 0 Å². The molecule has 1 aromatic carbocycles. The largest absolute Gasteiger partial charge is 0.573 e. The van der Waals surface area contributed by atoms with Crippen LogP contribution >= 0.6 is 0 Å². The minimum absolute atomic E-state index is 0.127. The molecule has 0 aliphatic carbocycles. The predicted octanol–water partition coefficient (Wildman–Crippen LogP) is 2.60. The quantitative estimate of drug-likeness (QED) is 0.840. The third-order valence-electron chi connectivity index (χ3n) is 4.84. The van der Waals surface area contributed by atoms with Gasteiger partial charge in [-0.25, -0.2) is 9.97 Å². The SMILES string of the molecule is O=C(c1cnc(NCc2cccc(OC(F)(F)F)c2)nc1)N1CCC12COC2. The zero-order valence-corrected chi connectivity index (χ0v) is 14.7. The molecule has 10 heteroatoms. The summed E-state index contributed by atoms with van der Waals surface area (Å²) in [5.74, 6) is -0.154. The molecule has 1 spiro atoms. The average molecular weight is 394 g/mol. The van der Waals surface area contributed by atoms with E-state index >= 15 is 0 Å². The highest BCUT2D eigenvalue weighted by molar-refractivity contribution is 5.95. The van der Waals surface area contributed by atoms with E-state index in [1.54, 1.807) is 11.0 Å². The summed E-state index contributed by atoms with van der Waals surface area (Å²) in [5.41, 5.74) is 0.799. The molecule has 148 valence electrons. The molecule has 0 atom stereocenters. The molecule has 2 aliphatic heterocycles. The Morgan fingerprint density at radius 2 is 2.04 bits per heavy atom. The molecule has 2 aromatic rings. The second-order valence-corrected chi connectivity index (χ2v) is 6.77. The van der Waals surface area contributed by atoms with Gasteiger partial charge in [-0.05, 0) is 24.1 Å². The first kappa shape index (κ1) is 18.5. The lowest BCUT2D eigenvalue weighted by molar-refractivity contribution is -0.274. The van der Waals surface area contributed by atoms with Crippen LogP contribution in [0.25, 0.3) is 0 Å². The number of carbonyl (C=O) groups is 1. The van der Waals surface area contributed by atoms with Crippen molar-refractivity contribution in [1.82, 2.24) is 14.9 Å². The van der Waals surface area contributed by atoms with Gasteiger partial charge in [0.2, 0.25) is 5.95 Å². The molecule has 4 rings (SSSR count). The van der Waals surface area contributed by atoms with Crippen molar-refractivity contribution in [1.29, 1.82) is 0 Å². The van der Waals surface area contributed by atoms with Crippen molar-refractivity contribution in [2.45, 2.75) is 24.9 Å². The highest BCUT2D eigenvalue weighted by atomic mass is 19.4. The first-order valence-corrected chi connectivity index (χ1v) is 8.65. The molecular formula is C18H17F3N4O3. The topological polar surface area (TPSA) is 76.6 Å². The van der Waals surface area contributed by atoms with Crippen molar-refractivity contribution in [3.8, 4) is 5.75 Å². The number of alkyl halides is 3. The fourth-order valence-electron chi connectivity index (χ4n) is 3.21. The summed E-state index contributed by atoms with van der Waals surface area (Å²) in [6.45, 7) is 2.03. The lowest BCUT2D eigenvalue weighted by atomic mass is 9.82. The first-order chi connectivity index (χ1) is 13.3. The van der Waals surface area contributed by atoms with Crippen molar-refractivity contribution in [3.63, 3.8) is 0 Å². The Kier molecular flexibility index (Phi) is 4.58. The van der Waals surface area contributed by atoms with Gasteiger partial charge in [0, 0.05) is 25.5 Å². The summed E-state index contributed by atoms with van der Waals surface area (Å²) in [5, 5.41) is 2.91. The van der Waals surface area contributed by atoms with Crippen LogP contribution in [-0.4, -0.2) is 52.4 Å². The fourth-order valence-corrected chi connectivity index (χ4v) is 3.21. The predicted molar refractivity (Wildman–Crippen MR) is 91.7 cm³/mol. The van der Waals surface area contributed by atoms with Crippen LogP contribution < -0.4 is 10.1 Å². The number of rotatable bonds is 5. The van der Waals surface area contributed by atoms with Crippen molar-refractivity contribution in [2.24, 2.45) is 0 Å². The van der Waals surface area contributed by atoms with Crippen LogP contribution in [-0.2, 0) is 11.3 Å². The van der Waals surface area contributed by atoms with Crippen molar-refractivity contribution >= 4 is 11.9 Å². The Bertz CT molecular complexity index is 864. The minimum atomic E-state index is -4.74. The molecule has 1 N–H and O–H groups in total. The third kappa shape index (κ3) is 3.72. The van der Waals surface area contributed by atoms with Crippen LogP contribution in [0.2, 0.25) is 0 Å². The van der Waals surface area contributed by atoms with Gasteiger partial charge in [0.1, 0.15) is 5.75 Å². The standard InChI is InChI=1S/C18H17F3N4O3/c19-18(20,21)28-14-3-1-2-12(6-14)7-22-16-23-8-13(9-24-16)15(26)25-5-4-17(25)10-27-11-17/h1-3,6,8-9H,4-5,7,10-11H2,(H,22,23,24). The van der Waals surface area contributed by atoms with Gasteiger partial charge >= 0.3 is 6.36 Å². The lowest BCUT2D eigenvalue weighted by Gasteiger charge is -2.57. The van der Waals surface area contributed by atoms with Gasteiger partial charge < -0.3 is 19.7 Å². The molecule has 7 nitrogen and oxygen atoms in total. The Morgan fingerprint density at radius 3 is 2.61 bits per heavy atom. The Labute approximate surface area is 158 Å². The highest BCUT2D eigenvalue weighted by Gasteiger charge is 2.53. The first-order valence-electron chi connectivity index (χ1n) is 8.65. The summed E-state index contributed by atoms with van der Waals surface area (Å²) in [6, 6.07) is 5.62. The Balaban J connectivity index is 1.35. The molecule has 0 saturated carbocycles. The number of nitrogens with zero attached hydrogens (tertiary/aromatic N) is 3. The lowest BCUT2D eigenvalue weighted by Crippen LogP contribution is -2.72. The molecule has 3 heterocycles. The minimum Gasteiger partial charge on any atom is -0.406 e. The number of ether oxygens (including phenoxy) is 2. The molecule has 28 heavy (non-hydrogen) atoms. The number of benzene rings is 1. The molecule has 0 bridgehead atoms. The summed E-state index contributed by atoms with van der Waals surface area (Å²) in [7, 11) is 0. The fraction of sp³-hybridized carbons (Fsp3) is 0.389. The van der Waals surface area contributed by atoms with E-state index in [9.17, 15) is 18.0 Å². The van der Waals surface area contributed by atoms with E-state index < -0.39 is 6.36 Å². The van der Waals surface area contributed by atoms with E-state index in [1.807, 2.05) is 0 Å². The van der Waals surface area contributed by atoms with E-state index in [1.165, 1.54) is 30.6 Å². The summed E-state index contributed by atoms with van der Waals surface area (Å²) < 4.78 is 46.0. The van der Waals surface area contributed by atoms with Gasteiger partial charge in [0.15, 0.2) is 0 Å². The van der Waals surface area contributed by atoms with Crippen LogP contribution in [0.3, 0.4) is 0 Å². The number of aromatic nitrogens is 2. The van der Waals surface area contributed by atoms with E-state index in [-0.39, 0.29) is 29.7 Å². The van der Waals surface area contributed by atoms with Crippen LogP contribution in [0, 0.1) is 0 Å². The van der Waals surface area contributed by atoms with Gasteiger partial charge in [-0.15, -0.1) is 13.2 Å². The number of hydrogen-bond donors (Lipinski definition) is 1. The number of hydrogen-bond acceptors (Lipinski definition) is 6. The summed E-state index contributed by atoms with van der Waals surface area (Å²) >= 11 is 0. The molecule has 1 amide bonds. The van der Waals surface area contributed by atoms with Crippen LogP contribution in [0.5, 0.6) is 5.75 Å².